The maximum atomic E-state index is 11.2. The Morgan fingerprint density at radius 2 is 1.88 bits per heavy atom. The number of rotatable bonds is 5. The van der Waals surface area contributed by atoms with E-state index in [4.69, 9.17) is 0 Å². The van der Waals surface area contributed by atoms with Crippen molar-refractivity contribution >= 4 is 17.6 Å². The van der Waals surface area contributed by atoms with Crippen LogP contribution in [0.1, 0.15) is 6.92 Å². The molecule has 1 aromatic heterocycles. The van der Waals surface area contributed by atoms with Crippen molar-refractivity contribution in [1.82, 2.24) is 9.97 Å². The predicted molar refractivity (Wildman–Crippen MR) is 66.3 cm³/mol. The molecular formula is C11H18N4O2. The number of likely N-dealkylation sites (N-methyl/N-ethyl adjacent to an activating group) is 1. The van der Waals surface area contributed by atoms with E-state index in [9.17, 15) is 4.79 Å². The van der Waals surface area contributed by atoms with Crippen LogP contribution in [0.5, 0.6) is 0 Å². The summed E-state index contributed by atoms with van der Waals surface area (Å²) < 4.78 is 4.61. The van der Waals surface area contributed by atoms with E-state index in [-0.39, 0.29) is 12.5 Å². The molecule has 94 valence electrons. The van der Waals surface area contributed by atoms with Gasteiger partial charge in [-0.05, 0) is 6.92 Å². The molecule has 1 rings (SSSR count). The molecule has 0 saturated heterocycles. The SMILES string of the molecule is CCN(C)c1cc(N(C)CC(=O)OC)ncn1. The fourth-order valence-corrected chi connectivity index (χ4v) is 1.26. The van der Waals surface area contributed by atoms with Gasteiger partial charge in [-0.15, -0.1) is 0 Å². The number of nitrogens with zero attached hydrogens (tertiary/aromatic N) is 4. The third-order valence-corrected chi connectivity index (χ3v) is 2.49. The number of aromatic nitrogens is 2. The van der Waals surface area contributed by atoms with Gasteiger partial charge in [-0.25, -0.2) is 9.97 Å². The molecule has 1 heterocycles. The van der Waals surface area contributed by atoms with Crippen LogP contribution in [0.25, 0.3) is 0 Å². The molecule has 0 bridgehead atoms. The summed E-state index contributed by atoms with van der Waals surface area (Å²) in [5.74, 6) is 1.23. The first-order chi connectivity index (χ1) is 8.08. The molecule has 0 N–H and O–H groups in total. The van der Waals surface area contributed by atoms with Crippen LogP contribution in [0, 0.1) is 0 Å². The average molecular weight is 238 g/mol. The molecule has 0 saturated carbocycles. The lowest BCUT2D eigenvalue weighted by atomic mass is 10.4. The lowest BCUT2D eigenvalue weighted by Gasteiger charge is -2.20. The Hall–Kier alpha value is -1.85. The zero-order valence-corrected chi connectivity index (χ0v) is 10.7. The smallest absolute Gasteiger partial charge is 0.325 e. The van der Waals surface area contributed by atoms with E-state index >= 15 is 0 Å². The van der Waals surface area contributed by atoms with Gasteiger partial charge in [0.2, 0.25) is 0 Å². The second-order valence-corrected chi connectivity index (χ2v) is 3.68. The molecule has 0 aliphatic heterocycles. The number of ether oxygens (including phenoxy) is 1. The van der Waals surface area contributed by atoms with Gasteiger partial charge in [0, 0.05) is 26.7 Å². The predicted octanol–water partition coefficient (Wildman–Crippen LogP) is 0.542. The van der Waals surface area contributed by atoms with Crippen molar-refractivity contribution in [2.75, 3.05) is 44.1 Å². The minimum absolute atomic E-state index is 0.169. The van der Waals surface area contributed by atoms with Gasteiger partial charge in [0.15, 0.2) is 0 Å². The highest BCUT2D eigenvalue weighted by Gasteiger charge is 2.10. The molecule has 6 nitrogen and oxygen atoms in total. The fourth-order valence-electron chi connectivity index (χ4n) is 1.26. The molecule has 0 radical (unpaired) electrons. The zero-order chi connectivity index (χ0) is 12.8. The second kappa shape index (κ2) is 6.03. The van der Waals surface area contributed by atoms with Crippen LogP contribution in [0.2, 0.25) is 0 Å². The van der Waals surface area contributed by atoms with Crippen LogP contribution in [0.3, 0.4) is 0 Å². The Labute approximate surface area is 101 Å². The van der Waals surface area contributed by atoms with Gasteiger partial charge in [-0.2, -0.15) is 0 Å². The Morgan fingerprint density at radius 1 is 1.29 bits per heavy atom. The van der Waals surface area contributed by atoms with Gasteiger partial charge >= 0.3 is 5.97 Å². The van der Waals surface area contributed by atoms with Gasteiger partial charge in [0.05, 0.1) is 7.11 Å². The van der Waals surface area contributed by atoms with Crippen molar-refractivity contribution in [1.29, 1.82) is 0 Å². The summed E-state index contributed by atoms with van der Waals surface area (Å²) in [6.07, 6.45) is 1.49. The maximum Gasteiger partial charge on any atom is 0.325 e. The first-order valence-corrected chi connectivity index (χ1v) is 5.39. The molecule has 0 aliphatic rings. The van der Waals surface area contributed by atoms with Gasteiger partial charge in [-0.1, -0.05) is 0 Å². The summed E-state index contributed by atoms with van der Waals surface area (Å²) in [4.78, 5) is 23.2. The molecular weight excluding hydrogens is 220 g/mol. The summed E-state index contributed by atoms with van der Waals surface area (Å²) in [7, 11) is 5.11. The van der Waals surface area contributed by atoms with Gasteiger partial charge in [-0.3, -0.25) is 4.79 Å². The van der Waals surface area contributed by atoms with E-state index in [0.717, 1.165) is 12.4 Å². The molecule has 0 aromatic carbocycles. The molecule has 0 amide bonds. The highest BCUT2D eigenvalue weighted by molar-refractivity contribution is 5.75. The molecule has 0 aliphatic carbocycles. The monoisotopic (exact) mass is 238 g/mol. The van der Waals surface area contributed by atoms with E-state index in [2.05, 4.69) is 14.7 Å². The van der Waals surface area contributed by atoms with Crippen LogP contribution in [0.4, 0.5) is 11.6 Å². The van der Waals surface area contributed by atoms with Crippen LogP contribution in [-0.4, -0.2) is 50.2 Å². The number of methoxy groups -OCH3 is 1. The lowest BCUT2D eigenvalue weighted by molar-refractivity contribution is -0.138. The quantitative estimate of drug-likeness (QED) is 0.698. The molecule has 0 unspecified atom stereocenters. The minimum atomic E-state index is -0.295. The van der Waals surface area contributed by atoms with E-state index < -0.39 is 0 Å². The third-order valence-electron chi connectivity index (χ3n) is 2.49. The van der Waals surface area contributed by atoms with Crippen molar-refractivity contribution in [3.63, 3.8) is 0 Å². The van der Waals surface area contributed by atoms with Gasteiger partial charge in [0.1, 0.15) is 24.5 Å². The van der Waals surface area contributed by atoms with Crippen LogP contribution in [-0.2, 0) is 9.53 Å². The second-order valence-electron chi connectivity index (χ2n) is 3.68. The van der Waals surface area contributed by atoms with E-state index in [1.54, 1.807) is 11.9 Å². The topological polar surface area (TPSA) is 58.6 Å². The Balaban J connectivity index is 2.80. The highest BCUT2D eigenvalue weighted by Crippen LogP contribution is 2.15. The minimum Gasteiger partial charge on any atom is -0.468 e. The van der Waals surface area contributed by atoms with Crippen LogP contribution < -0.4 is 9.80 Å². The first kappa shape index (κ1) is 13.2. The van der Waals surface area contributed by atoms with Crippen molar-refractivity contribution in [2.45, 2.75) is 6.92 Å². The zero-order valence-electron chi connectivity index (χ0n) is 10.7. The summed E-state index contributed by atoms with van der Waals surface area (Å²) >= 11 is 0. The number of carbonyl (C=O) groups excluding carboxylic acids is 1. The number of anilines is 2. The number of carbonyl (C=O) groups is 1. The third kappa shape index (κ3) is 3.58. The van der Waals surface area contributed by atoms with Gasteiger partial charge in [0.25, 0.3) is 0 Å². The van der Waals surface area contributed by atoms with E-state index in [1.165, 1.54) is 13.4 Å². The molecule has 0 fully saturated rings. The van der Waals surface area contributed by atoms with Crippen LogP contribution >= 0.6 is 0 Å². The maximum absolute atomic E-state index is 11.2. The van der Waals surface area contributed by atoms with Gasteiger partial charge < -0.3 is 14.5 Å². The summed E-state index contributed by atoms with van der Waals surface area (Å²) in [5, 5.41) is 0. The van der Waals surface area contributed by atoms with Crippen molar-refractivity contribution in [3.8, 4) is 0 Å². The molecule has 1 aromatic rings. The molecule has 0 atom stereocenters. The number of hydrogen-bond acceptors (Lipinski definition) is 6. The fraction of sp³-hybridized carbons (Fsp3) is 0.545. The first-order valence-electron chi connectivity index (χ1n) is 5.39. The summed E-state index contributed by atoms with van der Waals surface area (Å²) in [6, 6.07) is 1.84. The number of esters is 1. The molecule has 0 spiro atoms. The normalized spacial score (nSPS) is 9.88. The van der Waals surface area contributed by atoms with Crippen molar-refractivity contribution < 1.29 is 9.53 Å². The van der Waals surface area contributed by atoms with Crippen molar-refractivity contribution in [2.24, 2.45) is 0 Å². The lowest BCUT2D eigenvalue weighted by Crippen LogP contribution is -2.27. The van der Waals surface area contributed by atoms with Crippen molar-refractivity contribution in [3.05, 3.63) is 12.4 Å². The summed E-state index contributed by atoms with van der Waals surface area (Å²) in [6.45, 7) is 3.07. The summed E-state index contributed by atoms with van der Waals surface area (Å²) in [5.41, 5.74) is 0. The van der Waals surface area contributed by atoms with Crippen LogP contribution in [0.15, 0.2) is 12.4 Å². The van der Waals surface area contributed by atoms with E-state index in [1.807, 2.05) is 24.9 Å². The largest absolute Gasteiger partial charge is 0.468 e. The van der Waals surface area contributed by atoms with E-state index in [0.29, 0.717) is 5.82 Å². The Kier molecular flexibility index (Phi) is 4.68. The molecule has 17 heavy (non-hydrogen) atoms. The Morgan fingerprint density at radius 3 is 2.41 bits per heavy atom. The number of hydrogen-bond donors (Lipinski definition) is 0. The highest BCUT2D eigenvalue weighted by atomic mass is 16.5. The average Bonchev–Trinajstić information content (AvgIpc) is 2.37. The molecule has 6 heteroatoms. The Bertz CT molecular complexity index is 383. The standard InChI is InChI=1S/C11H18N4O2/c1-5-14(2)9-6-10(13-8-12-9)15(3)7-11(16)17-4/h6,8H,5,7H2,1-4H3.